The van der Waals surface area contributed by atoms with E-state index in [0.717, 1.165) is 0 Å². The van der Waals surface area contributed by atoms with Crippen LogP contribution in [0.25, 0.3) is 0 Å². The Labute approximate surface area is 77.6 Å². The standard InChI is InChI=1S/C5H7NO3.Al.2H2O/c7-4-2-1-3(6-4)5(8)9;;;/h3H,1-2H2,(H,6,7)(H,8,9);;2*1H2/q;+1;;/p-1. The molecule has 1 atom stereocenters. The maximum Gasteiger partial charge on any atom is 0.484 e. The van der Waals surface area contributed by atoms with Gasteiger partial charge in [-0.1, -0.05) is 0 Å². The van der Waals surface area contributed by atoms with E-state index in [1.165, 1.54) is 0 Å². The third-order valence-corrected chi connectivity index (χ3v) is 1.63. The Morgan fingerprint density at radius 3 is 2.50 bits per heavy atom. The molecule has 0 aromatic heterocycles. The summed E-state index contributed by atoms with van der Waals surface area (Å²) in [4.78, 5) is 21.3. The normalized spacial score (nSPS) is 20.0. The molecule has 0 spiro atoms. The van der Waals surface area contributed by atoms with E-state index in [0.29, 0.717) is 12.8 Å². The summed E-state index contributed by atoms with van der Waals surface area (Å²) < 4.78 is 4.35. The molecule has 1 saturated heterocycles. The first-order chi connectivity index (χ1) is 4.74. The first-order valence-electron chi connectivity index (χ1n) is 2.94. The second kappa shape index (κ2) is 5.97. The largest absolute Gasteiger partial charge is 0.627 e. The quantitative estimate of drug-likeness (QED) is 0.452. The number of hydrogen-bond donors (Lipinski definition) is 1. The molecule has 1 fully saturated rings. The molecule has 0 saturated carbocycles. The Morgan fingerprint density at radius 2 is 2.17 bits per heavy atom. The van der Waals surface area contributed by atoms with Gasteiger partial charge in [-0.15, -0.1) is 0 Å². The fraction of sp³-hybridized carbons (Fsp3) is 0.600. The third kappa shape index (κ3) is 3.19. The summed E-state index contributed by atoms with van der Waals surface area (Å²) in [5.74, 6) is -0.476. The molecule has 6 nitrogen and oxygen atoms in total. The van der Waals surface area contributed by atoms with E-state index in [1.54, 1.807) is 0 Å². The molecule has 12 heavy (non-hydrogen) atoms. The fourth-order valence-corrected chi connectivity index (χ4v) is 1.04. The molecule has 0 aromatic carbocycles. The Morgan fingerprint density at radius 1 is 1.58 bits per heavy atom. The third-order valence-electron chi connectivity index (χ3n) is 1.40. The van der Waals surface area contributed by atoms with Gasteiger partial charge in [-0.25, -0.2) is 0 Å². The smallest absolute Gasteiger partial charge is 0.484 e. The van der Waals surface area contributed by atoms with Gasteiger partial charge in [0.05, 0.1) is 0 Å². The average molecular weight is 191 g/mol. The maximum atomic E-state index is 10.7. The van der Waals surface area contributed by atoms with Crippen molar-refractivity contribution in [3.8, 4) is 0 Å². The molecule has 1 unspecified atom stereocenters. The molecule has 1 rings (SSSR count). The maximum absolute atomic E-state index is 10.7. The first-order valence-corrected chi connectivity index (χ1v) is 3.41. The number of rotatable bonds is 1. The second-order valence-electron chi connectivity index (χ2n) is 2.10. The van der Waals surface area contributed by atoms with Crippen molar-refractivity contribution in [2.45, 2.75) is 18.9 Å². The van der Waals surface area contributed by atoms with Gasteiger partial charge in [0.25, 0.3) is 5.97 Å². The number of carbonyl (C=O) groups excluding carboxylic acids is 2. The van der Waals surface area contributed by atoms with E-state index in [4.69, 9.17) is 0 Å². The van der Waals surface area contributed by atoms with E-state index < -0.39 is 12.0 Å². The van der Waals surface area contributed by atoms with Crippen LogP contribution in [-0.4, -0.2) is 45.5 Å². The Bertz CT molecular complexity index is 173. The highest BCUT2D eigenvalue weighted by Gasteiger charge is 2.26. The highest BCUT2D eigenvalue weighted by atomic mass is 27.1. The molecule has 1 aliphatic heterocycles. The van der Waals surface area contributed by atoms with Crippen LogP contribution in [0.15, 0.2) is 0 Å². The van der Waals surface area contributed by atoms with Crippen molar-refractivity contribution in [2.75, 3.05) is 0 Å². The number of amides is 1. The number of nitrogens with one attached hydrogen (secondary N) is 1. The molecule has 2 radical (unpaired) electrons. The van der Waals surface area contributed by atoms with Crippen LogP contribution in [0.3, 0.4) is 0 Å². The summed E-state index contributed by atoms with van der Waals surface area (Å²) in [7, 11) is 0. The topological polar surface area (TPSA) is 118 Å². The Balaban J connectivity index is 0. The van der Waals surface area contributed by atoms with Crippen molar-refractivity contribution in [1.82, 2.24) is 5.32 Å². The van der Waals surface area contributed by atoms with Crippen molar-refractivity contribution in [2.24, 2.45) is 0 Å². The molecule has 1 amide bonds. The van der Waals surface area contributed by atoms with Gasteiger partial charge in [-0.2, -0.15) is 0 Å². The zero-order valence-corrected chi connectivity index (χ0v) is 7.45. The molecule has 1 aliphatic rings. The van der Waals surface area contributed by atoms with Crippen LogP contribution >= 0.6 is 0 Å². The number of hydrogen-bond acceptors (Lipinski definition) is 3. The molecule has 0 aliphatic carbocycles. The van der Waals surface area contributed by atoms with Gasteiger partial charge >= 0.3 is 16.6 Å². The SMILES string of the molecule is O.O.O=C1CCC(C(=O)[O][Al])N1. The molecule has 68 valence electrons. The summed E-state index contributed by atoms with van der Waals surface area (Å²) in [5, 5.41) is 2.48. The van der Waals surface area contributed by atoms with E-state index in [2.05, 4.69) is 9.11 Å². The minimum Gasteiger partial charge on any atom is -0.627 e. The lowest BCUT2D eigenvalue weighted by atomic mass is 10.2. The van der Waals surface area contributed by atoms with Gasteiger partial charge < -0.3 is 20.1 Å². The van der Waals surface area contributed by atoms with Crippen LogP contribution in [0.5, 0.6) is 0 Å². The molecule has 1 heterocycles. The summed E-state index contributed by atoms with van der Waals surface area (Å²) in [5.41, 5.74) is 0. The zero-order chi connectivity index (χ0) is 7.56. The summed E-state index contributed by atoms with van der Waals surface area (Å²) in [6.07, 6.45) is 0.969. The van der Waals surface area contributed by atoms with Crippen molar-refractivity contribution < 1.29 is 24.3 Å². The summed E-state index contributed by atoms with van der Waals surface area (Å²) >= 11 is 1.86. The molecule has 0 aromatic rings. The minimum absolute atomic E-state index is 0. The van der Waals surface area contributed by atoms with Crippen LogP contribution in [0.2, 0.25) is 0 Å². The predicted molar refractivity (Wildman–Crippen MR) is 40.2 cm³/mol. The fourth-order valence-electron chi connectivity index (χ4n) is 0.873. The van der Waals surface area contributed by atoms with E-state index in [1.807, 2.05) is 16.6 Å². The van der Waals surface area contributed by atoms with Crippen molar-refractivity contribution in [3.05, 3.63) is 0 Å². The molecule has 7 heteroatoms. The van der Waals surface area contributed by atoms with Crippen LogP contribution in [0.1, 0.15) is 12.8 Å². The monoisotopic (exact) mass is 191 g/mol. The molecule has 0 bridgehead atoms. The average Bonchev–Trinajstić information content (AvgIpc) is 2.34. The van der Waals surface area contributed by atoms with Crippen LogP contribution in [-0.2, 0) is 13.4 Å². The lowest BCUT2D eigenvalue weighted by Crippen LogP contribution is -2.34. The first kappa shape index (κ1) is 13.9. The summed E-state index contributed by atoms with van der Waals surface area (Å²) in [6.45, 7) is 0. The van der Waals surface area contributed by atoms with Gasteiger partial charge in [0, 0.05) is 6.42 Å². The van der Waals surface area contributed by atoms with Gasteiger partial charge in [-0.3, -0.25) is 9.59 Å². The van der Waals surface area contributed by atoms with Crippen molar-refractivity contribution in [1.29, 1.82) is 0 Å². The molecular formula is C5H10AlNO5. The second-order valence-corrected chi connectivity index (χ2v) is 2.33. The van der Waals surface area contributed by atoms with Gasteiger partial charge in [0.15, 0.2) is 0 Å². The lowest BCUT2D eigenvalue weighted by molar-refractivity contribution is -0.137. The molecular weight excluding hydrogens is 181 g/mol. The highest BCUT2D eigenvalue weighted by Crippen LogP contribution is 2.06. The molecule has 5 N–H and O–H groups in total. The lowest BCUT2D eigenvalue weighted by Gasteiger charge is -2.07. The van der Waals surface area contributed by atoms with Crippen molar-refractivity contribution in [3.63, 3.8) is 0 Å². The minimum atomic E-state index is -0.426. The Kier molecular flexibility index (Phi) is 6.94. The predicted octanol–water partition coefficient (Wildman–Crippen LogP) is -2.76. The van der Waals surface area contributed by atoms with Gasteiger partial charge in [-0.05, 0) is 6.42 Å². The van der Waals surface area contributed by atoms with Crippen LogP contribution < -0.4 is 5.32 Å². The van der Waals surface area contributed by atoms with Crippen LogP contribution in [0.4, 0.5) is 0 Å². The number of carbonyl (C=O) groups is 2. The zero-order valence-electron chi connectivity index (χ0n) is 6.29. The van der Waals surface area contributed by atoms with Gasteiger partial charge in [0.1, 0.15) is 6.04 Å². The van der Waals surface area contributed by atoms with Crippen LogP contribution in [0, 0.1) is 0 Å². The summed E-state index contributed by atoms with van der Waals surface area (Å²) in [6, 6.07) is -0.426. The Hall–Kier alpha value is -0.608. The van der Waals surface area contributed by atoms with E-state index >= 15 is 0 Å². The van der Waals surface area contributed by atoms with E-state index in [-0.39, 0.29) is 16.9 Å². The van der Waals surface area contributed by atoms with Crippen molar-refractivity contribution >= 4 is 28.5 Å². The van der Waals surface area contributed by atoms with Gasteiger partial charge in [0.2, 0.25) is 5.91 Å². The highest BCUT2D eigenvalue weighted by molar-refractivity contribution is 6.07. The van der Waals surface area contributed by atoms with E-state index in [9.17, 15) is 9.59 Å².